The van der Waals surface area contributed by atoms with Crippen LogP contribution >= 0.6 is 22.7 Å². The summed E-state index contributed by atoms with van der Waals surface area (Å²) in [5.41, 5.74) is 0.888. The van der Waals surface area contributed by atoms with E-state index in [9.17, 15) is 4.79 Å². The SMILES string of the molecule is O=C(Nc1cccs1)N1CCN(Cc2nc(-c3ccco3)cs2)CC1. The molecule has 0 saturated carbocycles. The predicted molar refractivity (Wildman–Crippen MR) is 100 cm³/mol. The molecular formula is C17H18N4O2S2. The number of hydrogen-bond donors (Lipinski definition) is 1. The highest BCUT2D eigenvalue weighted by Crippen LogP contribution is 2.23. The Kier molecular flexibility index (Phi) is 4.82. The number of carbonyl (C=O) groups excluding carboxylic acids is 1. The molecule has 6 nitrogen and oxygen atoms in total. The van der Waals surface area contributed by atoms with Gasteiger partial charge in [-0.2, -0.15) is 0 Å². The maximum atomic E-state index is 12.2. The van der Waals surface area contributed by atoms with Gasteiger partial charge in [0.05, 0.1) is 17.8 Å². The minimum atomic E-state index is -0.0172. The number of thiazole rings is 1. The number of aromatic nitrogens is 1. The van der Waals surface area contributed by atoms with Crippen LogP contribution in [0.1, 0.15) is 5.01 Å². The van der Waals surface area contributed by atoms with E-state index in [1.165, 1.54) is 11.3 Å². The molecule has 1 aliphatic heterocycles. The Bertz CT molecular complexity index is 806. The van der Waals surface area contributed by atoms with Gasteiger partial charge in [-0.3, -0.25) is 10.2 Å². The quantitative estimate of drug-likeness (QED) is 0.754. The zero-order chi connectivity index (χ0) is 17.1. The summed E-state index contributed by atoms with van der Waals surface area (Å²) in [5, 5.41) is 8.89. The lowest BCUT2D eigenvalue weighted by molar-refractivity contribution is 0.143. The highest BCUT2D eigenvalue weighted by Gasteiger charge is 2.22. The number of urea groups is 1. The second-order valence-corrected chi connectivity index (χ2v) is 7.66. The minimum Gasteiger partial charge on any atom is -0.463 e. The number of carbonyl (C=O) groups is 1. The van der Waals surface area contributed by atoms with Crippen LogP contribution in [0.5, 0.6) is 0 Å². The first-order valence-corrected chi connectivity index (χ1v) is 9.84. The van der Waals surface area contributed by atoms with Crippen molar-refractivity contribution in [1.82, 2.24) is 14.8 Å². The Hall–Kier alpha value is -2.16. The monoisotopic (exact) mass is 374 g/mol. The summed E-state index contributed by atoms with van der Waals surface area (Å²) in [6.45, 7) is 3.98. The van der Waals surface area contributed by atoms with Crippen molar-refractivity contribution < 1.29 is 9.21 Å². The molecule has 3 aromatic heterocycles. The minimum absolute atomic E-state index is 0.0172. The van der Waals surface area contributed by atoms with E-state index < -0.39 is 0 Å². The van der Waals surface area contributed by atoms with E-state index in [0.717, 1.165) is 54.2 Å². The van der Waals surface area contributed by atoms with Crippen LogP contribution in [0.25, 0.3) is 11.5 Å². The number of nitrogens with zero attached hydrogens (tertiary/aromatic N) is 3. The van der Waals surface area contributed by atoms with Crippen molar-refractivity contribution in [3.63, 3.8) is 0 Å². The Balaban J connectivity index is 1.28. The standard InChI is InChI=1S/C17H18N4O2S2/c22-17(19-15-4-2-10-24-15)21-7-5-20(6-8-21)11-16-18-13(12-25-16)14-3-1-9-23-14/h1-4,9-10,12H,5-8,11H2,(H,19,22). The van der Waals surface area contributed by atoms with Crippen LogP contribution in [0.2, 0.25) is 0 Å². The number of piperazine rings is 1. The van der Waals surface area contributed by atoms with E-state index in [-0.39, 0.29) is 6.03 Å². The number of thiophene rings is 1. The fourth-order valence-corrected chi connectivity index (χ4v) is 4.19. The maximum absolute atomic E-state index is 12.2. The first-order valence-electron chi connectivity index (χ1n) is 8.08. The Morgan fingerprint density at radius 2 is 2.08 bits per heavy atom. The predicted octanol–water partition coefficient (Wildman–Crippen LogP) is 3.81. The van der Waals surface area contributed by atoms with Crippen molar-refractivity contribution in [2.75, 3.05) is 31.5 Å². The van der Waals surface area contributed by atoms with Crippen LogP contribution in [0, 0.1) is 0 Å². The fraction of sp³-hybridized carbons (Fsp3) is 0.294. The van der Waals surface area contributed by atoms with Crippen molar-refractivity contribution in [2.24, 2.45) is 0 Å². The van der Waals surface area contributed by atoms with Crippen molar-refractivity contribution in [1.29, 1.82) is 0 Å². The van der Waals surface area contributed by atoms with Gasteiger partial charge in [0.15, 0.2) is 5.76 Å². The smallest absolute Gasteiger partial charge is 0.322 e. The second kappa shape index (κ2) is 7.38. The van der Waals surface area contributed by atoms with E-state index in [4.69, 9.17) is 4.42 Å². The molecule has 0 atom stereocenters. The first kappa shape index (κ1) is 16.3. The third kappa shape index (κ3) is 3.92. The van der Waals surface area contributed by atoms with Crippen LogP contribution in [-0.4, -0.2) is 47.0 Å². The molecule has 1 N–H and O–H groups in total. The number of nitrogens with one attached hydrogen (secondary N) is 1. The van der Waals surface area contributed by atoms with E-state index >= 15 is 0 Å². The molecule has 4 rings (SSSR count). The number of hydrogen-bond acceptors (Lipinski definition) is 6. The number of amides is 2. The van der Waals surface area contributed by atoms with Crippen LogP contribution < -0.4 is 5.32 Å². The summed E-state index contributed by atoms with van der Waals surface area (Å²) in [7, 11) is 0. The third-order valence-corrected chi connectivity index (χ3v) is 5.71. The molecule has 130 valence electrons. The molecule has 0 unspecified atom stereocenters. The van der Waals surface area contributed by atoms with Crippen LogP contribution in [-0.2, 0) is 6.54 Å². The molecule has 4 heterocycles. The van der Waals surface area contributed by atoms with Crippen molar-refractivity contribution >= 4 is 33.7 Å². The molecule has 1 saturated heterocycles. The van der Waals surface area contributed by atoms with Gasteiger partial charge in [0.25, 0.3) is 0 Å². The summed E-state index contributed by atoms with van der Waals surface area (Å²) < 4.78 is 5.39. The summed E-state index contributed by atoms with van der Waals surface area (Å²) in [6, 6.07) is 7.62. The summed E-state index contributed by atoms with van der Waals surface area (Å²) >= 11 is 3.18. The molecule has 0 spiro atoms. The van der Waals surface area contributed by atoms with Crippen LogP contribution in [0.3, 0.4) is 0 Å². The molecule has 25 heavy (non-hydrogen) atoms. The van der Waals surface area contributed by atoms with Crippen LogP contribution in [0.15, 0.2) is 45.7 Å². The highest BCUT2D eigenvalue weighted by atomic mass is 32.1. The lowest BCUT2D eigenvalue weighted by Gasteiger charge is -2.34. The number of anilines is 1. The Morgan fingerprint density at radius 3 is 2.80 bits per heavy atom. The zero-order valence-electron chi connectivity index (χ0n) is 13.6. The Morgan fingerprint density at radius 1 is 1.20 bits per heavy atom. The van der Waals surface area contributed by atoms with Crippen molar-refractivity contribution in [2.45, 2.75) is 6.54 Å². The van der Waals surface area contributed by atoms with E-state index in [1.54, 1.807) is 17.6 Å². The second-order valence-electron chi connectivity index (χ2n) is 5.77. The molecule has 1 fully saturated rings. The largest absolute Gasteiger partial charge is 0.463 e. The molecule has 0 aromatic carbocycles. The van der Waals surface area contributed by atoms with Gasteiger partial charge < -0.3 is 9.32 Å². The van der Waals surface area contributed by atoms with Gasteiger partial charge in [-0.05, 0) is 29.6 Å². The molecule has 0 aliphatic carbocycles. The Labute approximate surface area is 153 Å². The maximum Gasteiger partial charge on any atom is 0.322 e. The zero-order valence-corrected chi connectivity index (χ0v) is 15.2. The molecular weight excluding hydrogens is 356 g/mol. The van der Waals surface area contributed by atoms with Gasteiger partial charge in [0.2, 0.25) is 0 Å². The van der Waals surface area contributed by atoms with Crippen molar-refractivity contribution in [3.8, 4) is 11.5 Å². The van der Waals surface area contributed by atoms with E-state index in [1.807, 2.05) is 39.9 Å². The van der Waals surface area contributed by atoms with Crippen molar-refractivity contribution in [3.05, 3.63) is 46.3 Å². The highest BCUT2D eigenvalue weighted by molar-refractivity contribution is 7.14. The van der Waals surface area contributed by atoms with Gasteiger partial charge in [0.1, 0.15) is 10.7 Å². The normalized spacial score (nSPS) is 15.4. The summed E-state index contributed by atoms with van der Waals surface area (Å²) in [5.74, 6) is 0.803. The summed E-state index contributed by atoms with van der Waals surface area (Å²) in [6.07, 6.45) is 1.66. The molecule has 0 radical (unpaired) electrons. The summed E-state index contributed by atoms with van der Waals surface area (Å²) in [4.78, 5) is 21.1. The van der Waals surface area contributed by atoms with Gasteiger partial charge in [-0.1, -0.05) is 0 Å². The van der Waals surface area contributed by atoms with Crippen LogP contribution in [0.4, 0.5) is 9.80 Å². The van der Waals surface area contributed by atoms with E-state index in [2.05, 4.69) is 15.2 Å². The topological polar surface area (TPSA) is 61.6 Å². The average molecular weight is 374 g/mol. The average Bonchev–Trinajstić information content (AvgIpc) is 3.38. The molecule has 8 heteroatoms. The molecule has 3 aromatic rings. The third-order valence-electron chi connectivity index (χ3n) is 4.10. The van der Waals surface area contributed by atoms with E-state index in [0.29, 0.717) is 0 Å². The molecule has 2 amide bonds. The fourth-order valence-electron chi connectivity index (χ4n) is 2.76. The van der Waals surface area contributed by atoms with Gasteiger partial charge in [0, 0.05) is 31.6 Å². The molecule has 0 bridgehead atoms. The lowest BCUT2D eigenvalue weighted by atomic mass is 10.3. The number of furan rings is 1. The molecule has 1 aliphatic rings. The first-order chi connectivity index (χ1) is 12.3. The van der Waals surface area contributed by atoms with Gasteiger partial charge in [-0.15, -0.1) is 22.7 Å². The number of rotatable bonds is 4. The van der Waals surface area contributed by atoms with Gasteiger partial charge in [-0.25, -0.2) is 9.78 Å². The lowest BCUT2D eigenvalue weighted by Crippen LogP contribution is -2.49. The van der Waals surface area contributed by atoms with Gasteiger partial charge >= 0.3 is 6.03 Å².